The van der Waals surface area contributed by atoms with E-state index in [9.17, 15) is 0 Å². The molecule has 0 fully saturated rings. The molecule has 0 aliphatic rings. The summed E-state index contributed by atoms with van der Waals surface area (Å²) >= 11 is 0. The highest BCUT2D eigenvalue weighted by atomic mass is 16.4. The van der Waals surface area contributed by atoms with Gasteiger partial charge in [0, 0.05) is 0 Å². The van der Waals surface area contributed by atoms with E-state index in [0.717, 1.165) is 6.42 Å². The lowest BCUT2D eigenvalue weighted by atomic mass is 10.1. The van der Waals surface area contributed by atoms with Gasteiger partial charge in [-0.25, -0.2) is 0 Å². The maximum absolute atomic E-state index is 8.49. The molecule has 0 aliphatic heterocycles. The van der Waals surface area contributed by atoms with Crippen LogP contribution in [0.5, 0.6) is 0 Å². The lowest BCUT2D eigenvalue weighted by Gasteiger charge is -2.00. The number of hydrogen-bond donors (Lipinski definition) is 3. The van der Waals surface area contributed by atoms with E-state index in [2.05, 4.69) is 12.2 Å². The second kappa shape index (κ2) is 12.6. The molecule has 0 spiro atoms. The second-order valence-electron chi connectivity index (χ2n) is 4.21. The Morgan fingerprint density at radius 1 is 0.938 bits per heavy atom. The van der Waals surface area contributed by atoms with Gasteiger partial charge >= 0.3 is 7.25 Å². The minimum absolute atomic E-state index is 1.01. The molecule has 0 saturated carbocycles. The fourth-order valence-corrected chi connectivity index (χ4v) is 1.63. The van der Waals surface area contributed by atoms with Crippen molar-refractivity contribution in [3.05, 3.63) is 12.3 Å². The van der Waals surface area contributed by atoms with E-state index in [4.69, 9.17) is 10.0 Å². The van der Waals surface area contributed by atoms with Gasteiger partial charge in [-0.2, -0.15) is 0 Å². The average molecular weight is 227 g/mol. The molecule has 0 saturated heterocycles. The Hall–Kier alpha value is -0.475. The van der Waals surface area contributed by atoms with Gasteiger partial charge in [-0.15, -0.1) is 0 Å². The molecule has 0 aliphatic carbocycles. The Morgan fingerprint density at radius 3 is 2.06 bits per heavy atom. The summed E-state index contributed by atoms with van der Waals surface area (Å²) in [5.74, 6) is 0. The Kier molecular flexibility index (Phi) is 12.2. The van der Waals surface area contributed by atoms with Crippen molar-refractivity contribution in [3.8, 4) is 0 Å². The first kappa shape index (κ1) is 15.5. The number of hydrogen-bond acceptors (Lipinski definition) is 3. The fourth-order valence-electron chi connectivity index (χ4n) is 1.63. The van der Waals surface area contributed by atoms with Crippen molar-refractivity contribution in [1.29, 1.82) is 0 Å². The summed E-state index contributed by atoms with van der Waals surface area (Å²) in [6.45, 7) is 2.24. The van der Waals surface area contributed by atoms with Gasteiger partial charge in [-0.3, -0.25) is 0 Å². The van der Waals surface area contributed by atoms with Crippen LogP contribution in [0.4, 0.5) is 0 Å². The molecular formula is C12H26BNO2. The maximum Gasteiger partial charge on any atom is 0.584 e. The Labute approximate surface area is 100 Å². The van der Waals surface area contributed by atoms with Gasteiger partial charge < -0.3 is 15.3 Å². The highest BCUT2D eigenvalue weighted by Crippen LogP contribution is 2.09. The average Bonchev–Trinajstić information content (AvgIpc) is 2.25. The second-order valence-corrected chi connectivity index (χ2v) is 4.21. The monoisotopic (exact) mass is 227 g/mol. The number of rotatable bonds is 11. The van der Waals surface area contributed by atoms with Crippen molar-refractivity contribution in [2.24, 2.45) is 0 Å². The molecule has 0 amide bonds. The van der Waals surface area contributed by atoms with Gasteiger partial charge in [-0.05, 0) is 19.0 Å². The molecule has 3 N–H and O–H groups in total. The standard InChI is InChI=1S/C12H26BNO2/c1-2-3-4-5-6-7-8-9-10-11-12-14-13(15)16/h11-12,14-16H,2-10H2,1H3. The van der Waals surface area contributed by atoms with E-state index >= 15 is 0 Å². The molecule has 0 bridgehead atoms. The zero-order valence-corrected chi connectivity index (χ0v) is 10.5. The topological polar surface area (TPSA) is 52.5 Å². The van der Waals surface area contributed by atoms with Crippen LogP contribution in [0, 0.1) is 0 Å². The van der Waals surface area contributed by atoms with Gasteiger partial charge in [0.15, 0.2) is 0 Å². The lowest BCUT2D eigenvalue weighted by Crippen LogP contribution is -2.28. The minimum atomic E-state index is -1.44. The molecule has 3 nitrogen and oxygen atoms in total. The van der Waals surface area contributed by atoms with Crippen LogP contribution in [-0.4, -0.2) is 17.3 Å². The first-order valence-electron chi connectivity index (χ1n) is 6.54. The highest BCUT2D eigenvalue weighted by Gasteiger charge is 1.99. The summed E-state index contributed by atoms with van der Waals surface area (Å²) in [6.07, 6.45) is 15.1. The number of nitrogens with one attached hydrogen (secondary N) is 1. The molecule has 0 rings (SSSR count). The van der Waals surface area contributed by atoms with Crippen molar-refractivity contribution in [2.45, 2.75) is 64.7 Å². The van der Waals surface area contributed by atoms with Crippen LogP contribution < -0.4 is 5.23 Å². The van der Waals surface area contributed by atoms with Crippen LogP contribution in [0.15, 0.2) is 12.3 Å². The van der Waals surface area contributed by atoms with E-state index in [-0.39, 0.29) is 0 Å². The third kappa shape index (κ3) is 13.5. The predicted molar refractivity (Wildman–Crippen MR) is 69.7 cm³/mol. The van der Waals surface area contributed by atoms with Crippen molar-refractivity contribution in [2.75, 3.05) is 0 Å². The van der Waals surface area contributed by atoms with Gasteiger partial charge in [0.1, 0.15) is 0 Å². The lowest BCUT2D eigenvalue weighted by molar-refractivity contribution is 0.396. The molecule has 16 heavy (non-hydrogen) atoms. The van der Waals surface area contributed by atoms with E-state index in [0.29, 0.717) is 0 Å². The Bertz CT molecular complexity index is 163. The van der Waals surface area contributed by atoms with Gasteiger partial charge in [-0.1, -0.05) is 57.9 Å². The van der Waals surface area contributed by atoms with Gasteiger partial charge in [0.25, 0.3) is 0 Å². The van der Waals surface area contributed by atoms with E-state index < -0.39 is 7.25 Å². The zero-order chi connectivity index (χ0) is 12.1. The van der Waals surface area contributed by atoms with E-state index in [1.165, 1.54) is 51.4 Å². The molecule has 4 heteroatoms. The van der Waals surface area contributed by atoms with Crippen molar-refractivity contribution >= 4 is 7.25 Å². The van der Waals surface area contributed by atoms with E-state index in [1.54, 1.807) is 6.20 Å². The maximum atomic E-state index is 8.49. The molecule has 0 aromatic carbocycles. The SMILES string of the molecule is CCCCCCCCCCC=CNB(O)O. The smallest absolute Gasteiger partial charge is 0.408 e. The Morgan fingerprint density at radius 2 is 1.50 bits per heavy atom. The summed E-state index contributed by atoms with van der Waals surface area (Å²) in [6, 6.07) is 0. The van der Waals surface area contributed by atoms with Crippen LogP contribution in [0.3, 0.4) is 0 Å². The summed E-state index contributed by atoms with van der Waals surface area (Å²) < 4.78 is 0. The van der Waals surface area contributed by atoms with Crippen LogP contribution in [0.2, 0.25) is 0 Å². The van der Waals surface area contributed by atoms with Crippen molar-refractivity contribution < 1.29 is 10.0 Å². The molecule has 0 aromatic heterocycles. The largest absolute Gasteiger partial charge is 0.584 e. The third-order valence-corrected chi connectivity index (χ3v) is 2.59. The zero-order valence-electron chi connectivity index (χ0n) is 10.5. The van der Waals surface area contributed by atoms with Gasteiger partial charge in [0.05, 0.1) is 0 Å². The molecule has 0 radical (unpaired) electrons. The number of allylic oxidation sites excluding steroid dienone is 1. The molecule has 0 heterocycles. The first-order chi connectivity index (χ1) is 7.77. The van der Waals surface area contributed by atoms with Crippen LogP contribution in [0.25, 0.3) is 0 Å². The fraction of sp³-hybridized carbons (Fsp3) is 0.833. The van der Waals surface area contributed by atoms with E-state index in [1.807, 2.05) is 6.08 Å². The van der Waals surface area contributed by atoms with Crippen molar-refractivity contribution in [1.82, 2.24) is 5.23 Å². The number of unbranched alkanes of at least 4 members (excludes halogenated alkanes) is 8. The third-order valence-electron chi connectivity index (χ3n) is 2.59. The molecule has 0 aromatic rings. The van der Waals surface area contributed by atoms with Crippen LogP contribution in [0.1, 0.15) is 64.7 Å². The molecule has 0 atom stereocenters. The molecule has 0 unspecified atom stereocenters. The first-order valence-corrected chi connectivity index (χ1v) is 6.54. The summed E-state index contributed by atoms with van der Waals surface area (Å²) in [7, 11) is -1.44. The minimum Gasteiger partial charge on any atom is -0.408 e. The predicted octanol–water partition coefficient (Wildman–Crippen LogP) is 2.59. The van der Waals surface area contributed by atoms with Gasteiger partial charge in [0.2, 0.25) is 0 Å². The molecule has 94 valence electrons. The quantitative estimate of drug-likeness (QED) is 0.375. The Balaban J connectivity index is 3.01. The molecular weight excluding hydrogens is 201 g/mol. The van der Waals surface area contributed by atoms with Crippen LogP contribution >= 0.6 is 0 Å². The summed E-state index contributed by atoms with van der Waals surface area (Å²) in [4.78, 5) is 0. The summed E-state index contributed by atoms with van der Waals surface area (Å²) in [5.41, 5.74) is 0. The normalized spacial score (nSPS) is 10.9. The highest BCUT2D eigenvalue weighted by molar-refractivity contribution is 6.38. The summed E-state index contributed by atoms with van der Waals surface area (Å²) in [5, 5.41) is 19.4. The van der Waals surface area contributed by atoms with Crippen molar-refractivity contribution in [3.63, 3.8) is 0 Å². The van der Waals surface area contributed by atoms with Crippen LogP contribution in [-0.2, 0) is 0 Å².